The van der Waals surface area contributed by atoms with Gasteiger partial charge in [-0.15, -0.1) is 0 Å². The molecule has 0 aliphatic rings. The summed E-state index contributed by atoms with van der Waals surface area (Å²) in [5, 5.41) is 4.80. The Kier molecular flexibility index (Phi) is 3.90. The quantitative estimate of drug-likeness (QED) is 0.865. The molecule has 0 bridgehead atoms. The van der Waals surface area contributed by atoms with Gasteiger partial charge in [0.1, 0.15) is 0 Å². The lowest BCUT2D eigenvalue weighted by Crippen LogP contribution is -2.26. The zero-order chi connectivity index (χ0) is 14.0. The number of carbonyl (C=O) groups is 1. The van der Waals surface area contributed by atoms with Crippen molar-refractivity contribution in [3.05, 3.63) is 52.3 Å². The van der Waals surface area contributed by atoms with E-state index in [2.05, 4.69) is 5.10 Å². The molecule has 0 unspecified atom stereocenters. The number of aromatic nitrogens is 2. The molecule has 0 saturated heterocycles. The second kappa shape index (κ2) is 5.45. The summed E-state index contributed by atoms with van der Waals surface area (Å²) < 4.78 is 1.80. The second-order valence-corrected chi connectivity index (χ2v) is 4.98. The number of benzene rings is 1. The van der Waals surface area contributed by atoms with Gasteiger partial charge in [-0.25, -0.2) is 0 Å². The van der Waals surface area contributed by atoms with Crippen LogP contribution in [0.1, 0.15) is 21.6 Å². The highest BCUT2D eigenvalue weighted by Crippen LogP contribution is 2.14. The third kappa shape index (κ3) is 2.96. The smallest absolute Gasteiger partial charge is 0.253 e. The van der Waals surface area contributed by atoms with Crippen molar-refractivity contribution in [1.29, 1.82) is 0 Å². The van der Waals surface area contributed by atoms with Gasteiger partial charge in [0.15, 0.2) is 0 Å². The Labute approximate surface area is 117 Å². The highest BCUT2D eigenvalue weighted by Gasteiger charge is 2.14. The average molecular weight is 278 g/mol. The van der Waals surface area contributed by atoms with Crippen LogP contribution in [0.25, 0.3) is 0 Å². The van der Waals surface area contributed by atoms with Crippen molar-refractivity contribution in [2.75, 3.05) is 7.05 Å². The van der Waals surface area contributed by atoms with Gasteiger partial charge >= 0.3 is 0 Å². The maximum absolute atomic E-state index is 12.2. The SMILES string of the molecule is Cc1c(CN(C)C(=O)c2ccc(Cl)cc2)cnn1C. The summed E-state index contributed by atoms with van der Waals surface area (Å²) >= 11 is 5.81. The molecule has 1 aromatic carbocycles. The van der Waals surface area contributed by atoms with E-state index in [0.717, 1.165) is 11.3 Å². The van der Waals surface area contributed by atoms with E-state index in [9.17, 15) is 4.79 Å². The van der Waals surface area contributed by atoms with E-state index in [1.807, 2.05) is 14.0 Å². The van der Waals surface area contributed by atoms with E-state index in [0.29, 0.717) is 17.1 Å². The van der Waals surface area contributed by atoms with E-state index < -0.39 is 0 Å². The number of hydrogen-bond donors (Lipinski definition) is 0. The molecule has 0 atom stereocenters. The minimum Gasteiger partial charge on any atom is -0.337 e. The molecule has 1 amide bonds. The predicted octanol–water partition coefficient (Wildman–Crippen LogP) is 2.65. The first-order chi connectivity index (χ1) is 8.99. The second-order valence-electron chi connectivity index (χ2n) is 4.55. The minimum absolute atomic E-state index is 0.0279. The molecule has 19 heavy (non-hydrogen) atoms. The van der Waals surface area contributed by atoms with Crippen molar-refractivity contribution in [3.63, 3.8) is 0 Å². The Morgan fingerprint density at radius 2 is 2.00 bits per heavy atom. The molecule has 0 N–H and O–H groups in total. The lowest BCUT2D eigenvalue weighted by molar-refractivity contribution is 0.0785. The van der Waals surface area contributed by atoms with Gasteiger partial charge in [0, 0.05) is 42.5 Å². The number of nitrogens with zero attached hydrogens (tertiary/aromatic N) is 3. The van der Waals surface area contributed by atoms with Crippen molar-refractivity contribution in [3.8, 4) is 0 Å². The van der Waals surface area contributed by atoms with Crippen LogP contribution in [-0.2, 0) is 13.6 Å². The van der Waals surface area contributed by atoms with Gasteiger partial charge in [-0.3, -0.25) is 9.48 Å². The molecule has 100 valence electrons. The normalized spacial score (nSPS) is 10.5. The van der Waals surface area contributed by atoms with Crippen LogP contribution in [0.5, 0.6) is 0 Å². The fraction of sp³-hybridized carbons (Fsp3) is 0.286. The highest BCUT2D eigenvalue weighted by molar-refractivity contribution is 6.30. The van der Waals surface area contributed by atoms with Crippen molar-refractivity contribution < 1.29 is 4.79 Å². The molecule has 0 fully saturated rings. The van der Waals surface area contributed by atoms with Gasteiger partial charge in [0.05, 0.1) is 6.20 Å². The molecule has 0 aliphatic heterocycles. The molecule has 0 saturated carbocycles. The monoisotopic (exact) mass is 277 g/mol. The highest BCUT2D eigenvalue weighted by atomic mass is 35.5. The molecule has 1 heterocycles. The van der Waals surface area contributed by atoms with Crippen molar-refractivity contribution in [2.24, 2.45) is 7.05 Å². The first-order valence-electron chi connectivity index (χ1n) is 5.97. The zero-order valence-corrected chi connectivity index (χ0v) is 12.0. The summed E-state index contributed by atoms with van der Waals surface area (Å²) in [6.07, 6.45) is 1.79. The first-order valence-corrected chi connectivity index (χ1v) is 6.35. The topological polar surface area (TPSA) is 38.1 Å². The summed E-state index contributed by atoms with van der Waals surface area (Å²) in [4.78, 5) is 13.9. The average Bonchev–Trinajstić information content (AvgIpc) is 2.71. The molecule has 5 heteroatoms. The van der Waals surface area contributed by atoms with Crippen LogP contribution in [0.15, 0.2) is 30.5 Å². The van der Waals surface area contributed by atoms with E-state index >= 15 is 0 Å². The van der Waals surface area contributed by atoms with Crippen LogP contribution in [-0.4, -0.2) is 27.6 Å². The molecule has 0 radical (unpaired) electrons. The van der Waals surface area contributed by atoms with Crippen LogP contribution in [0.4, 0.5) is 0 Å². The van der Waals surface area contributed by atoms with Gasteiger partial charge in [-0.05, 0) is 31.2 Å². The maximum Gasteiger partial charge on any atom is 0.253 e. The summed E-state index contributed by atoms with van der Waals surface area (Å²) in [6.45, 7) is 2.53. The Morgan fingerprint density at radius 3 is 2.53 bits per heavy atom. The molecule has 1 aromatic heterocycles. The maximum atomic E-state index is 12.2. The van der Waals surface area contributed by atoms with Crippen molar-refractivity contribution in [2.45, 2.75) is 13.5 Å². The van der Waals surface area contributed by atoms with Gasteiger partial charge < -0.3 is 4.90 Å². The van der Waals surface area contributed by atoms with Crippen LogP contribution in [0.2, 0.25) is 5.02 Å². The fourth-order valence-electron chi connectivity index (χ4n) is 1.84. The van der Waals surface area contributed by atoms with Crippen molar-refractivity contribution in [1.82, 2.24) is 14.7 Å². The Hall–Kier alpha value is -1.81. The van der Waals surface area contributed by atoms with Crippen LogP contribution in [0.3, 0.4) is 0 Å². The summed E-state index contributed by atoms with van der Waals surface area (Å²) in [7, 11) is 3.67. The van der Waals surface area contributed by atoms with Crippen LogP contribution < -0.4 is 0 Å². The van der Waals surface area contributed by atoms with E-state index in [4.69, 9.17) is 11.6 Å². The molecule has 4 nitrogen and oxygen atoms in total. The number of aryl methyl sites for hydroxylation is 1. The number of halogens is 1. The molecular formula is C14H16ClN3O. The third-order valence-corrected chi connectivity index (χ3v) is 3.43. The molecule has 2 aromatic rings. The van der Waals surface area contributed by atoms with Gasteiger partial charge in [-0.2, -0.15) is 5.10 Å². The lowest BCUT2D eigenvalue weighted by Gasteiger charge is -2.17. The summed E-state index contributed by atoms with van der Waals surface area (Å²) in [5.74, 6) is -0.0279. The molecule has 2 rings (SSSR count). The van der Waals surface area contributed by atoms with Crippen LogP contribution >= 0.6 is 11.6 Å². The first kappa shape index (κ1) is 13.6. The fourth-order valence-corrected chi connectivity index (χ4v) is 1.97. The third-order valence-electron chi connectivity index (χ3n) is 3.18. The Bertz CT molecular complexity index is 589. The molecule has 0 spiro atoms. The summed E-state index contributed by atoms with van der Waals surface area (Å²) in [6, 6.07) is 6.91. The molecular weight excluding hydrogens is 262 g/mol. The zero-order valence-electron chi connectivity index (χ0n) is 11.2. The minimum atomic E-state index is -0.0279. The number of rotatable bonds is 3. The van der Waals surface area contributed by atoms with E-state index in [1.165, 1.54) is 0 Å². The molecule has 0 aliphatic carbocycles. The van der Waals surface area contributed by atoms with Crippen LogP contribution in [0, 0.1) is 6.92 Å². The number of hydrogen-bond acceptors (Lipinski definition) is 2. The Morgan fingerprint density at radius 1 is 1.37 bits per heavy atom. The summed E-state index contributed by atoms with van der Waals surface area (Å²) in [5.41, 5.74) is 2.75. The van der Waals surface area contributed by atoms with Gasteiger partial charge in [0.25, 0.3) is 5.91 Å². The van der Waals surface area contributed by atoms with Gasteiger partial charge in [0.2, 0.25) is 0 Å². The largest absolute Gasteiger partial charge is 0.337 e. The number of carbonyl (C=O) groups excluding carboxylic acids is 1. The number of amides is 1. The lowest BCUT2D eigenvalue weighted by atomic mass is 10.2. The van der Waals surface area contributed by atoms with E-state index in [-0.39, 0.29) is 5.91 Å². The Balaban J connectivity index is 2.11. The van der Waals surface area contributed by atoms with Crippen molar-refractivity contribution >= 4 is 17.5 Å². The van der Waals surface area contributed by atoms with E-state index in [1.54, 1.807) is 47.1 Å². The van der Waals surface area contributed by atoms with Gasteiger partial charge in [-0.1, -0.05) is 11.6 Å². The predicted molar refractivity (Wildman–Crippen MR) is 75.2 cm³/mol. The standard InChI is InChI=1S/C14H16ClN3O/c1-10-12(8-16-18(10)3)9-17(2)14(19)11-4-6-13(15)7-5-11/h4-8H,9H2,1-3H3.